The molecule has 1 aliphatic heterocycles. The van der Waals surface area contributed by atoms with E-state index in [4.69, 9.17) is 11.6 Å². The van der Waals surface area contributed by atoms with Crippen molar-refractivity contribution in [2.75, 3.05) is 36.9 Å². The van der Waals surface area contributed by atoms with Crippen LogP contribution in [0.5, 0.6) is 0 Å². The number of alkyl halides is 1. The van der Waals surface area contributed by atoms with Crippen molar-refractivity contribution in [2.45, 2.75) is 6.04 Å². The van der Waals surface area contributed by atoms with Crippen molar-refractivity contribution in [3.63, 3.8) is 0 Å². The van der Waals surface area contributed by atoms with Crippen LogP contribution in [0.2, 0.25) is 5.02 Å². The SMILES string of the molecule is FCCN1CC(Nc2ccc(Nc3ncc4ccnc(-c5cc(Cl)ccc5F)c4n3)cc2)C1. The van der Waals surface area contributed by atoms with E-state index in [0.717, 1.165) is 29.9 Å². The lowest BCUT2D eigenvalue weighted by molar-refractivity contribution is 0.150. The van der Waals surface area contributed by atoms with Gasteiger partial charge >= 0.3 is 0 Å². The van der Waals surface area contributed by atoms with E-state index in [2.05, 4.69) is 30.5 Å². The lowest BCUT2D eigenvalue weighted by atomic mass is 10.1. The molecule has 33 heavy (non-hydrogen) atoms. The van der Waals surface area contributed by atoms with Gasteiger partial charge in [-0.25, -0.2) is 18.7 Å². The van der Waals surface area contributed by atoms with Crippen LogP contribution in [0.4, 0.5) is 26.1 Å². The van der Waals surface area contributed by atoms with E-state index >= 15 is 0 Å². The highest BCUT2D eigenvalue weighted by Gasteiger charge is 2.25. The average Bonchev–Trinajstić information content (AvgIpc) is 2.80. The summed E-state index contributed by atoms with van der Waals surface area (Å²) < 4.78 is 26.8. The molecule has 5 rings (SSSR count). The summed E-state index contributed by atoms with van der Waals surface area (Å²) in [6.07, 6.45) is 3.27. The number of likely N-dealkylation sites (tertiary alicyclic amines) is 1. The number of pyridine rings is 1. The number of nitrogens with one attached hydrogen (secondary N) is 2. The van der Waals surface area contributed by atoms with Crippen molar-refractivity contribution >= 4 is 39.8 Å². The van der Waals surface area contributed by atoms with E-state index in [1.54, 1.807) is 24.5 Å². The molecule has 168 valence electrons. The van der Waals surface area contributed by atoms with Crippen LogP contribution in [-0.4, -0.2) is 52.2 Å². The molecule has 0 atom stereocenters. The maximum atomic E-state index is 14.5. The minimum absolute atomic E-state index is 0.286. The second-order valence-corrected chi connectivity index (χ2v) is 8.34. The van der Waals surface area contributed by atoms with Crippen molar-refractivity contribution in [1.82, 2.24) is 19.9 Å². The summed E-state index contributed by atoms with van der Waals surface area (Å²) in [6.45, 7) is 1.88. The van der Waals surface area contributed by atoms with Crippen LogP contribution in [0.15, 0.2) is 60.9 Å². The first-order valence-corrected chi connectivity index (χ1v) is 11.0. The normalized spacial score (nSPS) is 14.3. The number of hydrogen-bond acceptors (Lipinski definition) is 6. The molecule has 2 aromatic carbocycles. The molecule has 1 saturated heterocycles. The Labute approximate surface area is 194 Å². The molecule has 0 saturated carbocycles. The fourth-order valence-electron chi connectivity index (χ4n) is 3.87. The van der Waals surface area contributed by atoms with Crippen LogP contribution in [0.3, 0.4) is 0 Å². The highest BCUT2D eigenvalue weighted by molar-refractivity contribution is 6.30. The van der Waals surface area contributed by atoms with E-state index in [9.17, 15) is 8.78 Å². The monoisotopic (exact) mass is 466 g/mol. The maximum Gasteiger partial charge on any atom is 0.227 e. The number of halogens is 3. The number of benzene rings is 2. The summed E-state index contributed by atoms with van der Waals surface area (Å²) in [6, 6.07) is 14.2. The van der Waals surface area contributed by atoms with Gasteiger partial charge in [0.15, 0.2) is 0 Å². The minimum atomic E-state index is -0.421. The molecule has 9 heteroatoms. The van der Waals surface area contributed by atoms with E-state index in [1.807, 2.05) is 24.3 Å². The number of anilines is 3. The van der Waals surface area contributed by atoms with Gasteiger partial charge in [-0.2, -0.15) is 0 Å². The number of rotatable bonds is 7. The third-order valence-corrected chi connectivity index (χ3v) is 5.79. The minimum Gasteiger partial charge on any atom is -0.380 e. The van der Waals surface area contributed by atoms with Gasteiger partial charge in [-0.3, -0.25) is 9.88 Å². The van der Waals surface area contributed by atoms with Gasteiger partial charge in [-0.05, 0) is 48.5 Å². The van der Waals surface area contributed by atoms with Gasteiger partial charge in [0.2, 0.25) is 5.95 Å². The predicted molar refractivity (Wildman–Crippen MR) is 127 cm³/mol. The number of fused-ring (bicyclic) bond motifs is 1. The highest BCUT2D eigenvalue weighted by Crippen LogP contribution is 2.30. The molecule has 1 fully saturated rings. The topological polar surface area (TPSA) is 66.0 Å². The average molecular weight is 467 g/mol. The van der Waals surface area contributed by atoms with Crippen LogP contribution in [-0.2, 0) is 0 Å². The first-order chi connectivity index (χ1) is 16.1. The third kappa shape index (κ3) is 4.72. The zero-order chi connectivity index (χ0) is 22.8. The second-order valence-electron chi connectivity index (χ2n) is 7.91. The molecule has 1 aliphatic rings. The zero-order valence-electron chi connectivity index (χ0n) is 17.6. The Kier molecular flexibility index (Phi) is 6.02. The lowest BCUT2D eigenvalue weighted by Crippen LogP contribution is -2.55. The summed E-state index contributed by atoms with van der Waals surface area (Å²) >= 11 is 6.07. The fourth-order valence-corrected chi connectivity index (χ4v) is 4.04. The molecule has 0 amide bonds. The molecule has 3 heterocycles. The Hall–Kier alpha value is -3.36. The maximum absolute atomic E-state index is 14.5. The zero-order valence-corrected chi connectivity index (χ0v) is 18.4. The summed E-state index contributed by atoms with van der Waals surface area (Å²) in [7, 11) is 0. The number of nitrogens with zero attached hydrogens (tertiary/aromatic N) is 4. The van der Waals surface area contributed by atoms with E-state index in [0.29, 0.717) is 34.8 Å². The molecule has 0 radical (unpaired) electrons. The predicted octanol–water partition coefficient (Wildman–Crippen LogP) is 5.29. The Bertz CT molecular complexity index is 1280. The largest absolute Gasteiger partial charge is 0.380 e. The van der Waals surface area contributed by atoms with Crippen LogP contribution < -0.4 is 10.6 Å². The standard InChI is InChI=1S/C24H21ClF2N6/c25-16-1-6-21(27)20(11-16)23-22-15(7-9-28-23)12-29-24(32-22)31-18-4-2-17(3-5-18)30-19-13-33(14-19)10-8-26/h1-7,9,11-12,19,30H,8,10,13-14H2,(H,29,31,32). The Morgan fingerprint density at radius 2 is 1.82 bits per heavy atom. The first kappa shape index (κ1) is 21.5. The van der Waals surface area contributed by atoms with Crippen LogP contribution >= 0.6 is 11.6 Å². The lowest BCUT2D eigenvalue weighted by Gasteiger charge is -2.39. The van der Waals surface area contributed by atoms with Gasteiger partial charge in [-0.15, -0.1) is 0 Å². The van der Waals surface area contributed by atoms with Gasteiger partial charge in [0.05, 0.1) is 11.7 Å². The molecule has 0 aliphatic carbocycles. The Balaban J connectivity index is 1.34. The summed E-state index contributed by atoms with van der Waals surface area (Å²) in [5, 5.41) is 7.79. The van der Waals surface area contributed by atoms with E-state index in [-0.39, 0.29) is 12.2 Å². The molecule has 2 N–H and O–H groups in total. The molecule has 0 unspecified atom stereocenters. The van der Waals surface area contributed by atoms with Gasteiger partial charge in [0, 0.05) is 59.4 Å². The first-order valence-electron chi connectivity index (χ1n) is 10.6. The Morgan fingerprint density at radius 3 is 2.61 bits per heavy atom. The quantitative estimate of drug-likeness (QED) is 0.385. The Morgan fingerprint density at radius 1 is 1.03 bits per heavy atom. The van der Waals surface area contributed by atoms with Gasteiger partial charge in [-0.1, -0.05) is 11.6 Å². The molecule has 4 aromatic rings. The van der Waals surface area contributed by atoms with Gasteiger partial charge in [0.25, 0.3) is 0 Å². The van der Waals surface area contributed by atoms with Crippen LogP contribution in [0.1, 0.15) is 0 Å². The van der Waals surface area contributed by atoms with Crippen molar-refractivity contribution in [3.8, 4) is 11.3 Å². The van der Waals surface area contributed by atoms with E-state index < -0.39 is 5.82 Å². The smallest absolute Gasteiger partial charge is 0.227 e. The van der Waals surface area contributed by atoms with Crippen molar-refractivity contribution in [2.24, 2.45) is 0 Å². The van der Waals surface area contributed by atoms with Crippen molar-refractivity contribution in [1.29, 1.82) is 0 Å². The second kappa shape index (κ2) is 9.25. The van der Waals surface area contributed by atoms with Crippen molar-refractivity contribution < 1.29 is 8.78 Å². The number of aromatic nitrogens is 3. The van der Waals surface area contributed by atoms with Crippen LogP contribution in [0, 0.1) is 5.82 Å². The fraction of sp³-hybridized carbons (Fsp3) is 0.208. The third-order valence-electron chi connectivity index (χ3n) is 5.55. The molecular formula is C24H21ClF2N6. The summed E-state index contributed by atoms with van der Waals surface area (Å²) in [5.41, 5.74) is 3.02. The van der Waals surface area contributed by atoms with E-state index in [1.165, 1.54) is 12.1 Å². The summed E-state index contributed by atoms with van der Waals surface area (Å²) in [4.78, 5) is 15.4. The van der Waals surface area contributed by atoms with Gasteiger partial charge in [0.1, 0.15) is 18.0 Å². The highest BCUT2D eigenvalue weighted by atomic mass is 35.5. The molecule has 0 bridgehead atoms. The molecular weight excluding hydrogens is 446 g/mol. The number of hydrogen-bond donors (Lipinski definition) is 2. The molecule has 0 spiro atoms. The van der Waals surface area contributed by atoms with Crippen molar-refractivity contribution in [3.05, 3.63) is 71.8 Å². The van der Waals surface area contributed by atoms with Crippen LogP contribution in [0.25, 0.3) is 22.2 Å². The molecule has 2 aromatic heterocycles. The molecule has 6 nitrogen and oxygen atoms in total. The van der Waals surface area contributed by atoms with Gasteiger partial charge < -0.3 is 10.6 Å². The summed E-state index contributed by atoms with van der Waals surface area (Å²) in [5.74, 6) is -0.0457.